The lowest BCUT2D eigenvalue weighted by atomic mass is 9.71. The Bertz CT molecular complexity index is 541. The van der Waals surface area contributed by atoms with Gasteiger partial charge in [0.05, 0.1) is 0 Å². The van der Waals surface area contributed by atoms with E-state index in [1.807, 2.05) is 0 Å². The van der Waals surface area contributed by atoms with Crippen molar-refractivity contribution in [3.8, 4) is 0 Å². The fraction of sp³-hybridized carbons (Fsp3) is 0.913. The number of imide groups is 1. The van der Waals surface area contributed by atoms with Crippen LogP contribution in [0.4, 0.5) is 4.79 Å². The Hall–Kier alpha value is -1.14. The van der Waals surface area contributed by atoms with Crippen molar-refractivity contribution in [1.82, 2.24) is 20.4 Å². The highest BCUT2D eigenvalue weighted by atomic mass is 16.2. The molecule has 0 aromatic heterocycles. The molecular weight excluding hydrogens is 364 g/mol. The number of carbonyl (C=O) groups is 2. The SMILES string of the molecule is CCCCCN(C)CC1CC(C)C(CN(C)CCCCC)(C2NC(=O)NC2=O)C1. The van der Waals surface area contributed by atoms with Crippen molar-refractivity contribution in [1.29, 1.82) is 0 Å². The predicted molar refractivity (Wildman–Crippen MR) is 119 cm³/mol. The van der Waals surface area contributed by atoms with Gasteiger partial charge in [0, 0.05) is 18.5 Å². The van der Waals surface area contributed by atoms with E-state index in [9.17, 15) is 9.59 Å². The van der Waals surface area contributed by atoms with Crippen molar-refractivity contribution in [2.45, 2.75) is 78.2 Å². The van der Waals surface area contributed by atoms with Gasteiger partial charge in [0.25, 0.3) is 5.91 Å². The highest BCUT2D eigenvalue weighted by Crippen LogP contribution is 2.50. The van der Waals surface area contributed by atoms with E-state index in [0.29, 0.717) is 11.8 Å². The van der Waals surface area contributed by atoms with Crippen LogP contribution in [0.15, 0.2) is 0 Å². The van der Waals surface area contributed by atoms with Crippen LogP contribution in [0.3, 0.4) is 0 Å². The van der Waals surface area contributed by atoms with Crippen LogP contribution in [-0.2, 0) is 4.79 Å². The van der Waals surface area contributed by atoms with E-state index in [-0.39, 0.29) is 17.4 Å². The topological polar surface area (TPSA) is 64.7 Å². The van der Waals surface area contributed by atoms with Crippen LogP contribution in [0.1, 0.15) is 72.1 Å². The molecule has 2 aliphatic rings. The lowest BCUT2D eigenvalue weighted by molar-refractivity contribution is -0.124. The number of amides is 3. The number of urea groups is 1. The van der Waals surface area contributed by atoms with Gasteiger partial charge in [0.15, 0.2) is 0 Å². The average Bonchev–Trinajstić information content (AvgIpc) is 3.14. The molecule has 1 aliphatic carbocycles. The zero-order valence-corrected chi connectivity index (χ0v) is 19.4. The summed E-state index contributed by atoms with van der Waals surface area (Å²) < 4.78 is 0. The summed E-state index contributed by atoms with van der Waals surface area (Å²) in [4.78, 5) is 29.4. The number of nitrogens with zero attached hydrogens (tertiary/aromatic N) is 2. The molecule has 0 aromatic rings. The molecule has 4 unspecified atom stereocenters. The van der Waals surface area contributed by atoms with Crippen molar-refractivity contribution in [3.63, 3.8) is 0 Å². The van der Waals surface area contributed by atoms with E-state index >= 15 is 0 Å². The second-order valence-corrected chi connectivity index (χ2v) is 9.75. The minimum atomic E-state index is -0.408. The molecule has 0 spiro atoms. The molecule has 1 aliphatic heterocycles. The average molecular weight is 409 g/mol. The molecule has 2 fully saturated rings. The number of rotatable bonds is 13. The molecule has 6 nitrogen and oxygen atoms in total. The van der Waals surface area contributed by atoms with Gasteiger partial charge >= 0.3 is 6.03 Å². The van der Waals surface area contributed by atoms with E-state index in [0.717, 1.165) is 39.0 Å². The number of hydrogen-bond acceptors (Lipinski definition) is 4. The molecule has 3 amide bonds. The second-order valence-electron chi connectivity index (χ2n) is 9.75. The van der Waals surface area contributed by atoms with Gasteiger partial charge in [-0.2, -0.15) is 0 Å². The van der Waals surface area contributed by atoms with E-state index < -0.39 is 6.04 Å². The lowest BCUT2D eigenvalue weighted by Gasteiger charge is -2.41. The van der Waals surface area contributed by atoms with E-state index in [1.165, 1.54) is 38.5 Å². The minimum Gasteiger partial charge on any atom is -0.325 e. The summed E-state index contributed by atoms with van der Waals surface area (Å²) in [5, 5.41) is 5.45. The van der Waals surface area contributed by atoms with Gasteiger partial charge in [-0.3, -0.25) is 10.1 Å². The van der Waals surface area contributed by atoms with Crippen LogP contribution in [0.25, 0.3) is 0 Å². The standard InChI is InChI=1S/C23H44N4O2/c1-6-8-10-12-26(4)16-19-14-18(3)23(15-19,17-27(5)13-11-9-7-2)20-21(28)25-22(29)24-20/h18-20H,6-17H2,1-5H3,(H2,24,25,28,29). The molecule has 1 saturated heterocycles. The van der Waals surface area contributed by atoms with E-state index in [4.69, 9.17) is 0 Å². The summed E-state index contributed by atoms with van der Waals surface area (Å²) in [6.07, 6.45) is 9.54. The van der Waals surface area contributed by atoms with Crippen LogP contribution in [-0.4, -0.2) is 68.1 Å². The summed E-state index contributed by atoms with van der Waals surface area (Å²) in [5.74, 6) is 0.839. The molecular formula is C23H44N4O2. The largest absolute Gasteiger partial charge is 0.325 e. The Kier molecular flexibility index (Phi) is 9.41. The van der Waals surface area contributed by atoms with Crippen LogP contribution in [0.2, 0.25) is 0 Å². The van der Waals surface area contributed by atoms with Crippen LogP contribution < -0.4 is 10.6 Å². The van der Waals surface area contributed by atoms with Crippen molar-refractivity contribution in [3.05, 3.63) is 0 Å². The molecule has 2 N–H and O–H groups in total. The van der Waals surface area contributed by atoms with Gasteiger partial charge in [-0.15, -0.1) is 0 Å². The van der Waals surface area contributed by atoms with Crippen LogP contribution in [0.5, 0.6) is 0 Å². The smallest absolute Gasteiger partial charge is 0.322 e. The molecule has 168 valence electrons. The Morgan fingerprint density at radius 1 is 1.00 bits per heavy atom. The lowest BCUT2D eigenvalue weighted by Crippen LogP contribution is -2.54. The highest BCUT2D eigenvalue weighted by Gasteiger charge is 2.55. The molecule has 1 heterocycles. The first kappa shape index (κ1) is 24.1. The van der Waals surface area contributed by atoms with Gasteiger partial charge in [0.2, 0.25) is 0 Å². The quantitative estimate of drug-likeness (QED) is 0.362. The van der Waals surface area contributed by atoms with Gasteiger partial charge in [0.1, 0.15) is 6.04 Å². The first-order valence-corrected chi connectivity index (χ1v) is 11.8. The molecule has 0 aromatic carbocycles. The number of unbranched alkanes of at least 4 members (excludes halogenated alkanes) is 4. The van der Waals surface area contributed by atoms with Crippen LogP contribution in [0, 0.1) is 17.3 Å². The first-order valence-electron chi connectivity index (χ1n) is 11.8. The zero-order chi connectivity index (χ0) is 21.4. The molecule has 2 rings (SSSR count). The van der Waals surface area contributed by atoms with Gasteiger partial charge < -0.3 is 15.1 Å². The summed E-state index contributed by atoms with van der Waals surface area (Å²) in [6.45, 7) is 10.9. The maximum Gasteiger partial charge on any atom is 0.322 e. The molecule has 0 radical (unpaired) electrons. The molecule has 0 bridgehead atoms. The Labute approximate surface area is 178 Å². The molecule has 6 heteroatoms. The fourth-order valence-corrected chi connectivity index (χ4v) is 5.61. The number of hydrogen-bond donors (Lipinski definition) is 2. The Morgan fingerprint density at radius 3 is 2.17 bits per heavy atom. The summed E-state index contributed by atoms with van der Waals surface area (Å²) in [6, 6.07) is -0.741. The molecule has 1 saturated carbocycles. The van der Waals surface area contributed by atoms with E-state index in [1.54, 1.807) is 0 Å². The zero-order valence-electron chi connectivity index (χ0n) is 19.4. The summed E-state index contributed by atoms with van der Waals surface area (Å²) in [7, 11) is 4.39. The van der Waals surface area contributed by atoms with Crippen LogP contribution >= 0.6 is 0 Å². The maximum atomic E-state index is 12.6. The third kappa shape index (κ3) is 6.42. The van der Waals surface area contributed by atoms with Crippen molar-refractivity contribution >= 4 is 11.9 Å². The Morgan fingerprint density at radius 2 is 1.62 bits per heavy atom. The van der Waals surface area contributed by atoms with Crippen molar-refractivity contribution in [2.75, 3.05) is 40.3 Å². The molecule has 4 atom stereocenters. The normalized spacial score (nSPS) is 29.7. The third-order valence-corrected chi connectivity index (χ3v) is 7.11. The summed E-state index contributed by atoms with van der Waals surface area (Å²) >= 11 is 0. The van der Waals surface area contributed by atoms with E-state index in [2.05, 4.69) is 55.3 Å². The number of nitrogens with one attached hydrogen (secondary N) is 2. The maximum absolute atomic E-state index is 12.6. The third-order valence-electron chi connectivity index (χ3n) is 7.11. The fourth-order valence-electron chi connectivity index (χ4n) is 5.61. The minimum absolute atomic E-state index is 0.138. The first-order chi connectivity index (χ1) is 13.8. The second kappa shape index (κ2) is 11.3. The van der Waals surface area contributed by atoms with Gasteiger partial charge in [-0.05, 0) is 64.7 Å². The van der Waals surface area contributed by atoms with Gasteiger partial charge in [-0.25, -0.2) is 4.79 Å². The van der Waals surface area contributed by atoms with Crippen molar-refractivity contribution in [2.24, 2.45) is 17.3 Å². The van der Waals surface area contributed by atoms with Gasteiger partial charge in [-0.1, -0.05) is 46.5 Å². The highest BCUT2D eigenvalue weighted by molar-refractivity contribution is 6.04. The summed E-state index contributed by atoms with van der Waals surface area (Å²) in [5.41, 5.74) is -0.188. The monoisotopic (exact) mass is 408 g/mol. The Balaban J connectivity index is 2.08. The van der Waals surface area contributed by atoms with Crippen molar-refractivity contribution < 1.29 is 9.59 Å². The molecule has 29 heavy (non-hydrogen) atoms. The predicted octanol–water partition coefficient (Wildman–Crippen LogP) is 3.47. The number of carbonyl (C=O) groups excluding carboxylic acids is 2.